The molecule has 2 N–H and O–H groups in total. The van der Waals surface area contributed by atoms with Crippen LogP contribution >= 0.6 is 0 Å². The van der Waals surface area contributed by atoms with Gasteiger partial charge in [0.15, 0.2) is 5.82 Å². The Morgan fingerprint density at radius 2 is 2.11 bits per heavy atom. The summed E-state index contributed by atoms with van der Waals surface area (Å²) in [5.74, 6) is 0.776. The molecule has 18 heavy (non-hydrogen) atoms. The maximum absolute atomic E-state index is 5.59. The first-order chi connectivity index (χ1) is 8.74. The molecule has 2 rings (SSSR count). The first kappa shape index (κ1) is 12.6. The Morgan fingerprint density at radius 1 is 1.28 bits per heavy atom. The van der Waals surface area contributed by atoms with Gasteiger partial charge in [0, 0.05) is 35.8 Å². The number of pyridine rings is 1. The van der Waals surface area contributed by atoms with E-state index >= 15 is 0 Å². The standard InChI is InChI=1S/C14H18N4/c1-3-11-9-16-7-5-13(11)14-17-10(2)8-12(18-14)4-6-15/h5,7-9H,3-4,6,15H2,1-2H3. The minimum absolute atomic E-state index is 0.604. The molecule has 2 heterocycles. The fourth-order valence-corrected chi connectivity index (χ4v) is 1.96. The van der Waals surface area contributed by atoms with E-state index in [9.17, 15) is 0 Å². The van der Waals surface area contributed by atoms with Crippen molar-refractivity contribution in [1.29, 1.82) is 0 Å². The van der Waals surface area contributed by atoms with Crippen LogP contribution in [0, 0.1) is 6.92 Å². The number of nitrogens with zero attached hydrogens (tertiary/aromatic N) is 3. The third-order valence-corrected chi connectivity index (χ3v) is 2.83. The highest BCUT2D eigenvalue weighted by Gasteiger charge is 2.08. The lowest BCUT2D eigenvalue weighted by atomic mass is 10.1. The van der Waals surface area contributed by atoms with Gasteiger partial charge in [0.05, 0.1) is 0 Å². The van der Waals surface area contributed by atoms with Crippen LogP contribution in [0.15, 0.2) is 24.5 Å². The van der Waals surface area contributed by atoms with E-state index in [1.54, 1.807) is 6.20 Å². The zero-order valence-corrected chi connectivity index (χ0v) is 10.8. The first-order valence-corrected chi connectivity index (χ1v) is 6.22. The van der Waals surface area contributed by atoms with Gasteiger partial charge in [0.2, 0.25) is 0 Å². The smallest absolute Gasteiger partial charge is 0.160 e. The molecular weight excluding hydrogens is 224 g/mol. The summed E-state index contributed by atoms with van der Waals surface area (Å²) >= 11 is 0. The predicted octanol–water partition coefficient (Wildman–Crippen LogP) is 1.91. The van der Waals surface area contributed by atoms with Gasteiger partial charge in [-0.05, 0) is 37.6 Å². The maximum Gasteiger partial charge on any atom is 0.160 e. The lowest BCUT2D eigenvalue weighted by molar-refractivity contribution is 0.903. The van der Waals surface area contributed by atoms with Gasteiger partial charge < -0.3 is 5.73 Å². The zero-order valence-electron chi connectivity index (χ0n) is 10.8. The molecular formula is C14H18N4. The third-order valence-electron chi connectivity index (χ3n) is 2.83. The van der Waals surface area contributed by atoms with Crippen LogP contribution in [0.25, 0.3) is 11.4 Å². The molecule has 0 amide bonds. The lowest BCUT2D eigenvalue weighted by Gasteiger charge is -2.08. The van der Waals surface area contributed by atoms with Gasteiger partial charge in [-0.15, -0.1) is 0 Å². The van der Waals surface area contributed by atoms with Crippen LogP contribution in [0.3, 0.4) is 0 Å². The fourth-order valence-electron chi connectivity index (χ4n) is 1.96. The van der Waals surface area contributed by atoms with Crippen LogP contribution in [-0.4, -0.2) is 21.5 Å². The van der Waals surface area contributed by atoms with Crippen LogP contribution in [0.5, 0.6) is 0 Å². The molecule has 0 fully saturated rings. The Kier molecular flexibility index (Phi) is 3.99. The minimum atomic E-state index is 0.604. The molecule has 0 bridgehead atoms. The van der Waals surface area contributed by atoms with Gasteiger partial charge in [-0.3, -0.25) is 4.98 Å². The van der Waals surface area contributed by atoms with E-state index in [1.165, 1.54) is 5.56 Å². The maximum atomic E-state index is 5.59. The Balaban J connectivity index is 2.49. The highest BCUT2D eigenvalue weighted by molar-refractivity contribution is 5.59. The molecule has 2 aromatic rings. The van der Waals surface area contributed by atoms with Crippen LogP contribution in [-0.2, 0) is 12.8 Å². The van der Waals surface area contributed by atoms with E-state index < -0.39 is 0 Å². The van der Waals surface area contributed by atoms with Crippen molar-refractivity contribution in [3.63, 3.8) is 0 Å². The van der Waals surface area contributed by atoms with Gasteiger partial charge in [0.25, 0.3) is 0 Å². The molecule has 0 aromatic carbocycles. The van der Waals surface area contributed by atoms with Gasteiger partial charge >= 0.3 is 0 Å². The fraction of sp³-hybridized carbons (Fsp3) is 0.357. The van der Waals surface area contributed by atoms with Crippen molar-refractivity contribution in [2.75, 3.05) is 6.54 Å². The minimum Gasteiger partial charge on any atom is -0.330 e. The summed E-state index contributed by atoms with van der Waals surface area (Å²) in [7, 11) is 0. The molecule has 0 aliphatic rings. The summed E-state index contributed by atoms with van der Waals surface area (Å²) < 4.78 is 0. The highest BCUT2D eigenvalue weighted by atomic mass is 14.9. The normalized spacial score (nSPS) is 10.6. The Hall–Kier alpha value is -1.81. The molecule has 0 spiro atoms. The second kappa shape index (κ2) is 5.69. The first-order valence-electron chi connectivity index (χ1n) is 6.22. The number of hydrogen-bond acceptors (Lipinski definition) is 4. The van der Waals surface area contributed by atoms with Gasteiger partial charge in [-0.1, -0.05) is 6.92 Å². The second-order valence-electron chi connectivity index (χ2n) is 4.25. The highest BCUT2D eigenvalue weighted by Crippen LogP contribution is 2.20. The molecule has 4 nitrogen and oxygen atoms in total. The molecule has 0 saturated heterocycles. The quantitative estimate of drug-likeness (QED) is 0.889. The SMILES string of the molecule is CCc1cnccc1-c1nc(C)cc(CCN)n1. The summed E-state index contributed by atoms with van der Waals surface area (Å²) in [6, 6.07) is 3.96. The summed E-state index contributed by atoms with van der Waals surface area (Å²) in [5, 5.41) is 0. The van der Waals surface area contributed by atoms with Crippen molar-refractivity contribution in [1.82, 2.24) is 15.0 Å². The summed E-state index contributed by atoms with van der Waals surface area (Å²) in [4.78, 5) is 13.2. The Morgan fingerprint density at radius 3 is 2.83 bits per heavy atom. The summed E-state index contributed by atoms with van der Waals surface area (Å²) in [5.41, 5.74) is 9.79. The second-order valence-corrected chi connectivity index (χ2v) is 4.25. The topological polar surface area (TPSA) is 64.7 Å². The van der Waals surface area contributed by atoms with Gasteiger partial charge in [0.1, 0.15) is 0 Å². The Labute approximate surface area is 107 Å². The average molecular weight is 242 g/mol. The van der Waals surface area contributed by atoms with Crippen molar-refractivity contribution in [2.45, 2.75) is 26.7 Å². The number of nitrogens with two attached hydrogens (primary N) is 1. The molecule has 0 atom stereocenters. The molecule has 94 valence electrons. The van der Waals surface area contributed by atoms with Gasteiger partial charge in [-0.25, -0.2) is 9.97 Å². The van der Waals surface area contributed by atoms with Crippen LogP contribution in [0.4, 0.5) is 0 Å². The summed E-state index contributed by atoms with van der Waals surface area (Å²) in [6.07, 6.45) is 5.36. The van der Waals surface area contributed by atoms with E-state index in [1.807, 2.05) is 25.3 Å². The van der Waals surface area contributed by atoms with Crippen LogP contribution < -0.4 is 5.73 Å². The van der Waals surface area contributed by atoms with E-state index in [-0.39, 0.29) is 0 Å². The molecule has 0 aliphatic heterocycles. The molecule has 2 aromatic heterocycles. The molecule has 4 heteroatoms. The van der Waals surface area contributed by atoms with Crippen molar-refractivity contribution in [3.05, 3.63) is 41.5 Å². The third kappa shape index (κ3) is 2.71. The van der Waals surface area contributed by atoms with Crippen molar-refractivity contribution >= 4 is 0 Å². The van der Waals surface area contributed by atoms with E-state index in [4.69, 9.17) is 5.73 Å². The number of aryl methyl sites for hydroxylation is 2. The van der Waals surface area contributed by atoms with Crippen LogP contribution in [0.1, 0.15) is 23.9 Å². The largest absolute Gasteiger partial charge is 0.330 e. The van der Waals surface area contributed by atoms with E-state index in [2.05, 4.69) is 21.9 Å². The Bertz CT molecular complexity index is 537. The average Bonchev–Trinajstić information content (AvgIpc) is 2.38. The number of aromatic nitrogens is 3. The number of rotatable bonds is 4. The molecule has 0 unspecified atom stereocenters. The zero-order chi connectivity index (χ0) is 13.0. The van der Waals surface area contributed by atoms with Crippen molar-refractivity contribution in [3.8, 4) is 11.4 Å². The van der Waals surface area contributed by atoms with Crippen molar-refractivity contribution < 1.29 is 0 Å². The van der Waals surface area contributed by atoms with Crippen LogP contribution in [0.2, 0.25) is 0 Å². The molecule has 0 radical (unpaired) electrons. The predicted molar refractivity (Wildman–Crippen MR) is 72.1 cm³/mol. The molecule has 0 aliphatic carbocycles. The monoisotopic (exact) mass is 242 g/mol. The van der Waals surface area contributed by atoms with Crippen molar-refractivity contribution in [2.24, 2.45) is 5.73 Å². The van der Waals surface area contributed by atoms with E-state index in [0.717, 1.165) is 35.6 Å². The van der Waals surface area contributed by atoms with Gasteiger partial charge in [-0.2, -0.15) is 0 Å². The lowest BCUT2D eigenvalue weighted by Crippen LogP contribution is -2.07. The van der Waals surface area contributed by atoms with E-state index in [0.29, 0.717) is 6.54 Å². The number of hydrogen-bond donors (Lipinski definition) is 1. The summed E-state index contributed by atoms with van der Waals surface area (Å²) in [6.45, 7) is 4.70. The molecule has 0 saturated carbocycles.